The van der Waals surface area contributed by atoms with Crippen molar-refractivity contribution in [1.82, 2.24) is 14.9 Å². The SMILES string of the molecule is Cc1oc(-c2ccc(-c3ccncc3)cc2)nc1CCN1CCCCC1C.Cl. The second-order valence-electron chi connectivity index (χ2n) is 7.47. The number of hydrogen-bond donors (Lipinski definition) is 0. The van der Waals surface area contributed by atoms with Crippen LogP contribution in [0.4, 0.5) is 0 Å². The van der Waals surface area contributed by atoms with Crippen LogP contribution in [0.3, 0.4) is 0 Å². The topological polar surface area (TPSA) is 42.2 Å². The van der Waals surface area contributed by atoms with Crippen molar-refractivity contribution in [2.45, 2.75) is 45.6 Å². The molecule has 5 heteroatoms. The minimum atomic E-state index is 0. The molecule has 3 aromatic rings. The second-order valence-corrected chi connectivity index (χ2v) is 7.47. The molecule has 1 aromatic carbocycles. The Balaban J connectivity index is 0.00000225. The first kappa shape index (κ1) is 20.6. The molecule has 1 aliphatic rings. The predicted molar refractivity (Wildman–Crippen MR) is 116 cm³/mol. The lowest BCUT2D eigenvalue weighted by atomic mass is 10.0. The smallest absolute Gasteiger partial charge is 0.226 e. The Morgan fingerprint density at radius 1 is 1.00 bits per heavy atom. The van der Waals surface area contributed by atoms with Crippen LogP contribution in [0.15, 0.2) is 53.2 Å². The number of pyridine rings is 1. The minimum absolute atomic E-state index is 0. The van der Waals surface area contributed by atoms with Crippen molar-refractivity contribution in [2.75, 3.05) is 13.1 Å². The first-order valence-electron chi connectivity index (χ1n) is 9.92. The molecule has 0 amide bonds. The van der Waals surface area contributed by atoms with Gasteiger partial charge < -0.3 is 9.32 Å². The second kappa shape index (κ2) is 9.35. The van der Waals surface area contributed by atoms with Gasteiger partial charge in [0.2, 0.25) is 5.89 Å². The van der Waals surface area contributed by atoms with Crippen LogP contribution in [0.2, 0.25) is 0 Å². The molecule has 0 spiro atoms. The Kier molecular flexibility index (Phi) is 6.87. The highest BCUT2D eigenvalue weighted by atomic mass is 35.5. The number of rotatable bonds is 5. The Morgan fingerprint density at radius 2 is 1.68 bits per heavy atom. The summed E-state index contributed by atoms with van der Waals surface area (Å²) in [5.41, 5.74) is 4.44. The molecular weight excluding hydrogens is 370 g/mol. The van der Waals surface area contributed by atoms with Crippen LogP contribution in [0, 0.1) is 6.92 Å². The molecule has 2 aromatic heterocycles. The third kappa shape index (κ3) is 4.62. The van der Waals surface area contributed by atoms with E-state index >= 15 is 0 Å². The van der Waals surface area contributed by atoms with Crippen LogP contribution in [0.25, 0.3) is 22.6 Å². The van der Waals surface area contributed by atoms with E-state index in [0.29, 0.717) is 6.04 Å². The number of aryl methyl sites for hydroxylation is 1. The molecule has 4 rings (SSSR count). The van der Waals surface area contributed by atoms with E-state index in [9.17, 15) is 0 Å². The lowest BCUT2D eigenvalue weighted by Crippen LogP contribution is -2.38. The third-order valence-electron chi connectivity index (χ3n) is 5.61. The summed E-state index contributed by atoms with van der Waals surface area (Å²) < 4.78 is 5.97. The Morgan fingerprint density at radius 3 is 2.39 bits per heavy atom. The van der Waals surface area contributed by atoms with Gasteiger partial charge in [0.25, 0.3) is 0 Å². The van der Waals surface area contributed by atoms with Gasteiger partial charge in [-0.25, -0.2) is 4.98 Å². The van der Waals surface area contributed by atoms with E-state index in [1.807, 2.05) is 31.5 Å². The average molecular weight is 398 g/mol. The van der Waals surface area contributed by atoms with E-state index in [1.165, 1.54) is 31.4 Å². The molecule has 148 valence electrons. The third-order valence-corrected chi connectivity index (χ3v) is 5.61. The number of likely N-dealkylation sites (tertiary alicyclic amines) is 1. The van der Waals surface area contributed by atoms with Crippen LogP contribution in [0.5, 0.6) is 0 Å². The summed E-state index contributed by atoms with van der Waals surface area (Å²) >= 11 is 0. The summed E-state index contributed by atoms with van der Waals surface area (Å²) in [5, 5.41) is 0. The molecule has 1 aliphatic heterocycles. The highest BCUT2D eigenvalue weighted by Crippen LogP contribution is 2.26. The average Bonchev–Trinajstić information content (AvgIpc) is 3.09. The maximum Gasteiger partial charge on any atom is 0.226 e. The van der Waals surface area contributed by atoms with Crippen molar-refractivity contribution in [3.05, 3.63) is 60.2 Å². The Hall–Kier alpha value is -2.17. The van der Waals surface area contributed by atoms with E-state index in [1.54, 1.807) is 0 Å². The number of hydrogen-bond acceptors (Lipinski definition) is 4. The summed E-state index contributed by atoms with van der Waals surface area (Å²) in [6, 6.07) is 13.1. The van der Waals surface area contributed by atoms with Gasteiger partial charge >= 0.3 is 0 Å². The van der Waals surface area contributed by atoms with Crippen molar-refractivity contribution < 1.29 is 4.42 Å². The molecule has 3 heterocycles. The highest BCUT2D eigenvalue weighted by molar-refractivity contribution is 5.85. The molecule has 1 fully saturated rings. The van der Waals surface area contributed by atoms with Crippen LogP contribution in [-0.4, -0.2) is 34.0 Å². The highest BCUT2D eigenvalue weighted by Gasteiger charge is 2.19. The lowest BCUT2D eigenvalue weighted by molar-refractivity contribution is 0.162. The van der Waals surface area contributed by atoms with E-state index in [0.717, 1.165) is 41.4 Å². The molecule has 1 saturated heterocycles. The van der Waals surface area contributed by atoms with E-state index in [2.05, 4.69) is 41.1 Å². The van der Waals surface area contributed by atoms with E-state index in [4.69, 9.17) is 9.40 Å². The zero-order valence-electron chi connectivity index (χ0n) is 16.6. The van der Waals surface area contributed by atoms with Gasteiger partial charge in [0.05, 0.1) is 5.69 Å². The van der Waals surface area contributed by atoms with Crippen molar-refractivity contribution in [2.24, 2.45) is 0 Å². The monoisotopic (exact) mass is 397 g/mol. The maximum absolute atomic E-state index is 5.97. The minimum Gasteiger partial charge on any atom is -0.441 e. The van der Waals surface area contributed by atoms with Gasteiger partial charge in [-0.3, -0.25) is 4.98 Å². The van der Waals surface area contributed by atoms with Crippen LogP contribution < -0.4 is 0 Å². The number of aromatic nitrogens is 2. The van der Waals surface area contributed by atoms with Crippen molar-refractivity contribution >= 4 is 12.4 Å². The zero-order chi connectivity index (χ0) is 18.6. The molecule has 1 atom stereocenters. The predicted octanol–water partition coefficient (Wildman–Crippen LogP) is 5.55. The number of benzene rings is 1. The van der Waals surface area contributed by atoms with Gasteiger partial charge in [-0.2, -0.15) is 0 Å². The summed E-state index contributed by atoms with van der Waals surface area (Å²) in [5.74, 6) is 1.66. The largest absolute Gasteiger partial charge is 0.441 e. The van der Waals surface area contributed by atoms with E-state index < -0.39 is 0 Å². The maximum atomic E-state index is 5.97. The molecule has 0 bridgehead atoms. The molecule has 28 heavy (non-hydrogen) atoms. The van der Waals surface area contributed by atoms with Gasteiger partial charge in [-0.05, 0) is 68.6 Å². The molecule has 0 radical (unpaired) electrons. The van der Waals surface area contributed by atoms with Gasteiger partial charge in [0, 0.05) is 37.0 Å². The van der Waals surface area contributed by atoms with Crippen LogP contribution in [-0.2, 0) is 6.42 Å². The van der Waals surface area contributed by atoms with Crippen molar-refractivity contribution in [1.29, 1.82) is 0 Å². The Labute approximate surface area is 173 Å². The van der Waals surface area contributed by atoms with Gasteiger partial charge in [0.1, 0.15) is 5.76 Å². The first-order valence-corrected chi connectivity index (χ1v) is 9.92. The Bertz CT molecular complexity index is 877. The zero-order valence-corrected chi connectivity index (χ0v) is 17.4. The quantitative estimate of drug-likeness (QED) is 0.566. The summed E-state index contributed by atoms with van der Waals surface area (Å²) in [6.45, 7) is 6.64. The number of nitrogens with zero attached hydrogens (tertiary/aromatic N) is 3. The first-order chi connectivity index (χ1) is 13.2. The number of piperidine rings is 1. The van der Waals surface area contributed by atoms with Crippen LogP contribution >= 0.6 is 12.4 Å². The molecule has 4 nitrogen and oxygen atoms in total. The molecule has 0 N–H and O–H groups in total. The number of halogens is 1. The van der Waals surface area contributed by atoms with Gasteiger partial charge in [-0.1, -0.05) is 18.6 Å². The van der Waals surface area contributed by atoms with Crippen molar-refractivity contribution in [3.8, 4) is 22.6 Å². The fraction of sp³-hybridized carbons (Fsp3) is 0.391. The van der Waals surface area contributed by atoms with E-state index in [-0.39, 0.29) is 12.4 Å². The molecular formula is C23H28ClN3O. The summed E-state index contributed by atoms with van der Waals surface area (Å²) in [4.78, 5) is 11.4. The van der Waals surface area contributed by atoms with Crippen LogP contribution in [0.1, 0.15) is 37.6 Å². The van der Waals surface area contributed by atoms with Crippen molar-refractivity contribution in [3.63, 3.8) is 0 Å². The fourth-order valence-corrected chi connectivity index (χ4v) is 3.87. The molecule has 1 unspecified atom stereocenters. The standard InChI is InChI=1S/C23H27N3O.ClH/c1-17-5-3-4-15-26(17)16-12-22-18(2)27-23(25-22)21-8-6-19(7-9-21)20-10-13-24-14-11-20;/h6-11,13-14,17H,3-5,12,15-16H2,1-2H3;1H. The molecule has 0 saturated carbocycles. The van der Waals surface area contributed by atoms with Gasteiger partial charge in [0.15, 0.2) is 0 Å². The summed E-state index contributed by atoms with van der Waals surface area (Å²) in [6.07, 6.45) is 8.57. The summed E-state index contributed by atoms with van der Waals surface area (Å²) in [7, 11) is 0. The fourth-order valence-electron chi connectivity index (χ4n) is 3.87. The van der Waals surface area contributed by atoms with Gasteiger partial charge in [-0.15, -0.1) is 12.4 Å². The number of oxazole rings is 1. The normalized spacial score (nSPS) is 17.3. The molecule has 0 aliphatic carbocycles. The lowest BCUT2D eigenvalue weighted by Gasteiger charge is -2.33.